The molecule has 8 heteroatoms. The monoisotopic (exact) mass is 351 g/mol. The number of carboxylic acid groups (broad SMARTS) is 1. The lowest BCUT2D eigenvalue weighted by Gasteiger charge is -2.30. The number of nitrogens with zero attached hydrogens (tertiary/aromatic N) is 1. The summed E-state index contributed by atoms with van der Waals surface area (Å²) in [5.74, 6) is -1.18. The van der Waals surface area contributed by atoms with Gasteiger partial charge in [-0.1, -0.05) is 12.1 Å². The van der Waals surface area contributed by atoms with Gasteiger partial charge < -0.3 is 24.2 Å². The van der Waals surface area contributed by atoms with Gasteiger partial charge in [-0.25, -0.2) is 9.59 Å². The Labute approximate surface area is 145 Å². The van der Waals surface area contributed by atoms with Gasteiger partial charge >= 0.3 is 11.9 Å². The van der Waals surface area contributed by atoms with Gasteiger partial charge in [0.25, 0.3) is 0 Å². The maximum atomic E-state index is 11.5. The van der Waals surface area contributed by atoms with Crippen molar-refractivity contribution in [1.82, 2.24) is 5.06 Å². The Morgan fingerprint density at radius 1 is 1.40 bits per heavy atom. The molecule has 136 valence electrons. The van der Waals surface area contributed by atoms with Crippen LogP contribution in [0.4, 0.5) is 0 Å². The van der Waals surface area contributed by atoms with E-state index < -0.39 is 11.9 Å². The SMILES string of the molecule is COc1cccc(COCC2CN(OC(=O)/C=C\C(=O)O)CCO2)c1. The van der Waals surface area contributed by atoms with E-state index in [1.54, 1.807) is 7.11 Å². The van der Waals surface area contributed by atoms with Crippen LogP contribution in [0.3, 0.4) is 0 Å². The van der Waals surface area contributed by atoms with Crippen molar-refractivity contribution < 1.29 is 33.7 Å². The molecule has 2 rings (SSSR count). The summed E-state index contributed by atoms with van der Waals surface area (Å²) < 4.78 is 16.4. The van der Waals surface area contributed by atoms with Gasteiger partial charge in [0.05, 0.1) is 46.1 Å². The normalized spacial score (nSPS) is 18.2. The van der Waals surface area contributed by atoms with Crippen molar-refractivity contribution in [2.24, 2.45) is 0 Å². The fraction of sp³-hybridized carbons (Fsp3) is 0.412. The standard InChI is InChI=1S/C17H21NO7/c1-22-14-4-2-3-13(9-14)11-23-12-15-10-18(7-8-24-15)25-17(21)6-5-16(19)20/h2-6,9,15H,7-8,10-12H2,1H3,(H,19,20)/b6-5-. The van der Waals surface area contributed by atoms with Crippen molar-refractivity contribution >= 4 is 11.9 Å². The zero-order valence-corrected chi connectivity index (χ0v) is 13.9. The summed E-state index contributed by atoms with van der Waals surface area (Å²) in [6, 6.07) is 7.58. The molecule has 1 heterocycles. The summed E-state index contributed by atoms with van der Waals surface area (Å²) in [5, 5.41) is 9.92. The number of hydrogen-bond donors (Lipinski definition) is 1. The summed E-state index contributed by atoms with van der Waals surface area (Å²) >= 11 is 0. The van der Waals surface area contributed by atoms with E-state index in [-0.39, 0.29) is 6.10 Å². The second-order valence-corrected chi connectivity index (χ2v) is 5.33. The first-order valence-electron chi connectivity index (χ1n) is 7.77. The van der Waals surface area contributed by atoms with Crippen molar-refractivity contribution in [3.8, 4) is 5.75 Å². The second-order valence-electron chi connectivity index (χ2n) is 5.33. The van der Waals surface area contributed by atoms with E-state index in [1.165, 1.54) is 5.06 Å². The van der Waals surface area contributed by atoms with Gasteiger partial charge in [-0.2, -0.15) is 0 Å². The average Bonchev–Trinajstić information content (AvgIpc) is 2.60. The Kier molecular flexibility index (Phi) is 7.39. The summed E-state index contributed by atoms with van der Waals surface area (Å²) in [6.45, 7) is 1.92. The Hall–Kier alpha value is -2.42. The maximum Gasteiger partial charge on any atom is 0.349 e. The van der Waals surface area contributed by atoms with E-state index in [9.17, 15) is 9.59 Å². The van der Waals surface area contributed by atoms with Gasteiger partial charge in [-0.3, -0.25) is 0 Å². The van der Waals surface area contributed by atoms with Gasteiger partial charge in [0.1, 0.15) is 5.75 Å². The molecule has 25 heavy (non-hydrogen) atoms. The van der Waals surface area contributed by atoms with E-state index >= 15 is 0 Å². The highest BCUT2D eigenvalue weighted by atomic mass is 16.7. The molecule has 1 fully saturated rings. The van der Waals surface area contributed by atoms with E-state index in [1.807, 2.05) is 24.3 Å². The third kappa shape index (κ3) is 6.92. The molecule has 0 bridgehead atoms. The molecule has 0 aromatic heterocycles. The number of hydrogen-bond acceptors (Lipinski definition) is 7. The molecule has 8 nitrogen and oxygen atoms in total. The predicted molar refractivity (Wildman–Crippen MR) is 86.8 cm³/mol. The molecule has 1 aromatic rings. The van der Waals surface area contributed by atoms with E-state index in [0.717, 1.165) is 23.5 Å². The first-order chi connectivity index (χ1) is 12.1. The number of aliphatic carboxylic acids is 1. The zero-order valence-electron chi connectivity index (χ0n) is 13.9. The van der Waals surface area contributed by atoms with E-state index in [0.29, 0.717) is 32.9 Å². The number of morpholine rings is 1. The van der Waals surface area contributed by atoms with Crippen LogP contribution in [0.25, 0.3) is 0 Å². The number of rotatable bonds is 8. The summed E-state index contributed by atoms with van der Waals surface area (Å²) in [4.78, 5) is 26.9. The highest BCUT2D eigenvalue weighted by Crippen LogP contribution is 2.14. The van der Waals surface area contributed by atoms with Crippen LogP contribution in [0.15, 0.2) is 36.4 Å². The molecule has 0 aliphatic carbocycles. The quantitative estimate of drug-likeness (QED) is 0.694. The number of hydroxylamine groups is 2. The number of ether oxygens (including phenoxy) is 3. The molecule has 1 aliphatic rings. The molecular weight excluding hydrogens is 330 g/mol. The van der Waals surface area contributed by atoms with E-state index in [2.05, 4.69) is 0 Å². The van der Waals surface area contributed by atoms with Crippen LogP contribution in [0.5, 0.6) is 5.75 Å². The number of carbonyl (C=O) groups excluding carboxylic acids is 1. The maximum absolute atomic E-state index is 11.5. The number of benzene rings is 1. The largest absolute Gasteiger partial charge is 0.497 e. The molecule has 0 saturated carbocycles. The number of carbonyl (C=O) groups is 2. The first-order valence-corrected chi connectivity index (χ1v) is 7.77. The molecule has 0 radical (unpaired) electrons. The summed E-state index contributed by atoms with van der Waals surface area (Å²) in [7, 11) is 1.61. The molecule has 1 unspecified atom stereocenters. The molecule has 1 saturated heterocycles. The Morgan fingerprint density at radius 3 is 3.00 bits per heavy atom. The second kappa shape index (κ2) is 9.77. The number of methoxy groups -OCH3 is 1. The lowest BCUT2D eigenvalue weighted by atomic mass is 10.2. The van der Waals surface area contributed by atoms with Crippen molar-refractivity contribution in [3.05, 3.63) is 42.0 Å². The third-order valence-corrected chi connectivity index (χ3v) is 3.39. The van der Waals surface area contributed by atoms with Crippen LogP contribution in [0.1, 0.15) is 5.56 Å². The smallest absolute Gasteiger partial charge is 0.349 e. The van der Waals surface area contributed by atoms with Gasteiger partial charge in [0, 0.05) is 12.2 Å². The van der Waals surface area contributed by atoms with E-state index in [4.69, 9.17) is 24.2 Å². The van der Waals surface area contributed by atoms with Crippen molar-refractivity contribution in [1.29, 1.82) is 0 Å². The third-order valence-electron chi connectivity index (χ3n) is 3.39. The zero-order chi connectivity index (χ0) is 18.1. The van der Waals surface area contributed by atoms with Crippen LogP contribution in [0.2, 0.25) is 0 Å². The topological polar surface area (TPSA) is 94.5 Å². The molecule has 0 spiro atoms. The Morgan fingerprint density at radius 2 is 2.24 bits per heavy atom. The lowest BCUT2D eigenvalue weighted by Crippen LogP contribution is -2.45. The molecule has 1 atom stereocenters. The van der Waals surface area contributed by atoms with Crippen LogP contribution in [0, 0.1) is 0 Å². The van der Waals surface area contributed by atoms with Crippen molar-refractivity contribution in [2.45, 2.75) is 12.7 Å². The summed E-state index contributed by atoms with van der Waals surface area (Å²) in [5.41, 5.74) is 0.984. The minimum absolute atomic E-state index is 0.240. The minimum Gasteiger partial charge on any atom is -0.497 e. The van der Waals surface area contributed by atoms with Gasteiger partial charge in [-0.05, 0) is 17.7 Å². The van der Waals surface area contributed by atoms with Crippen molar-refractivity contribution in [2.75, 3.05) is 33.4 Å². The van der Waals surface area contributed by atoms with Gasteiger partial charge in [-0.15, -0.1) is 5.06 Å². The predicted octanol–water partition coefficient (Wildman–Crippen LogP) is 1.01. The van der Waals surface area contributed by atoms with Crippen LogP contribution >= 0.6 is 0 Å². The molecule has 1 aliphatic heterocycles. The number of carboxylic acids is 1. The molecular formula is C17H21NO7. The highest BCUT2D eigenvalue weighted by molar-refractivity contribution is 5.90. The first kappa shape index (κ1) is 18.9. The minimum atomic E-state index is -1.21. The van der Waals surface area contributed by atoms with Gasteiger partial charge in [0.15, 0.2) is 0 Å². The molecule has 1 aromatic carbocycles. The molecule has 1 N–H and O–H groups in total. The lowest BCUT2D eigenvalue weighted by molar-refractivity contribution is -0.214. The van der Waals surface area contributed by atoms with Crippen LogP contribution in [-0.4, -0.2) is 61.6 Å². The van der Waals surface area contributed by atoms with Crippen LogP contribution < -0.4 is 4.74 Å². The summed E-state index contributed by atoms with van der Waals surface area (Å²) in [6.07, 6.45) is 1.36. The molecule has 0 amide bonds. The van der Waals surface area contributed by atoms with Crippen LogP contribution in [-0.2, 0) is 30.5 Å². The van der Waals surface area contributed by atoms with Gasteiger partial charge in [0.2, 0.25) is 0 Å². The average molecular weight is 351 g/mol. The fourth-order valence-electron chi connectivity index (χ4n) is 2.24. The van der Waals surface area contributed by atoms with Crippen molar-refractivity contribution in [3.63, 3.8) is 0 Å². The Bertz CT molecular complexity index is 617. The highest BCUT2D eigenvalue weighted by Gasteiger charge is 2.23. The Balaban J connectivity index is 1.73. The fourth-order valence-corrected chi connectivity index (χ4v) is 2.24.